The maximum Gasteiger partial charge on any atom is 0.257 e. The van der Waals surface area contributed by atoms with E-state index in [0.29, 0.717) is 11.3 Å². The lowest BCUT2D eigenvalue weighted by Gasteiger charge is -2.09. The predicted molar refractivity (Wildman–Crippen MR) is 84.8 cm³/mol. The summed E-state index contributed by atoms with van der Waals surface area (Å²) in [4.78, 5) is 13.5. The van der Waals surface area contributed by atoms with Crippen LogP contribution in [0.1, 0.15) is 11.7 Å². The Morgan fingerprint density at radius 2 is 2.14 bits per heavy atom. The number of rotatable bonds is 3. The molecule has 1 atom stereocenters. The highest BCUT2D eigenvalue weighted by atomic mass is 79.9. The molecule has 21 heavy (non-hydrogen) atoms. The topological polar surface area (TPSA) is 58.6 Å². The van der Waals surface area contributed by atoms with E-state index in [1.807, 2.05) is 30.3 Å². The van der Waals surface area contributed by atoms with Crippen molar-refractivity contribution in [3.63, 3.8) is 0 Å². The average molecular weight is 366 g/mol. The summed E-state index contributed by atoms with van der Waals surface area (Å²) in [5.74, 6) is 0.404. The van der Waals surface area contributed by atoms with E-state index in [1.165, 1.54) is 0 Å². The summed E-state index contributed by atoms with van der Waals surface area (Å²) in [6, 6.07) is 11.4. The molecule has 0 saturated heterocycles. The van der Waals surface area contributed by atoms with Gasteiger partial charge in [-0.05, 0) is 46.3 Å². The Morgan fingerprint density at radius 1 is 1.33 bits per heavy atom. The summed E-state index contributed by atoms with van der Waals surface area (Å²) in [5.41, 5.74) is 1.25. The van der Waals surface area contributed by atoms with E-state index in [9.17, 15) is 9.90 Å². The van der Waals surface area contributed by atoms with Crippen LogP contribution in [0.2, 0.25) is 0 Å². The van der Waals surface area contributed by atoms with Gasteiger partial charge in [0.15, 0.2) is 6.10 Å². The van der Waals surface area contributed by atoms with Gasteiger partial charge in [0.05, 0.1) is 7.11 Å². The number of hydrogen-bond donors (Lipinski definition) is 2. The second-order valence-corrected chi connectivity index (χ2v) is 6.51. The number of aliphatic hydroxyl groups excluding tert-OH is 1. The van der Waals surface area contributed by atoms with Crippen LogP contribution in [0.5, 0.6) is 5.75 Å². The summed E-state index contributed by atoms with van der Waals surface area (Å²) in [6.45, 7) is 0. The molecule has 0 saturated carbocycles. The molecule has 0 aliphatic carbocycles. The highest BCUT2D eigenvalue weighted by Gasteiger charge is 2.29. The van der Waals surface area contributed by atoms with Crippen LogP contribution in [-0.4, -0.2) is 18.1 Å². The maximum atomic E-state index is 11.5. The molecule has 1 aliphatic heterocycles. The van der Waals surface area contributed by atoms with Gasteiger partial charge in [-0.15, -0.1) is 0 Å². The Morgan fingerprint density at radius 3 is 2.90 bits per heavy atom. The lowest BCUT2D eigenvalue weighted by atomic mass is 10.1. The van der Waals surface area contributed by atoms with E-state index in [2.05, 4.69) is 21.2 Å². The molecular formula is C15H12BrNO3S. The monoisotopic (exact) mass is 365 g/mol. The van der Waals surface area contributed by atoms with Crippen molar-refractivity contribution >= 4 is 39.3 Å². The maximum absolute atomic E-state index is 11.5. The summed E-state index contributed by atoms with van der Waals surface area (Å²) in [5, 5.41) is 12.4. The normalized spacial score (nSPS) is 16.5. The van der Waals surface area contributed by atoms with Crippen molar-refractivity contribution in [1.82, 2.24) is 0 Å². The minimum Gasteiger partial charge on any atom is -0.497 e. The Balaban J connectivity index is 1.93. The van der Waals surface area contributed by atoms with Crippen LogP contribution in [0, 0.1) is 0 Å². The molecule has 2 N–H and O–H groups in total. The quantitative estimate of drug-likeness (QED) is 0.872. The number of benzene rings is 2. The van der Waals surface area contributed by atoms with Gasteiger partial charge in [0.25, 0.3) is 5.91 Å². The fraction of sp³-hybridized carbons (Fsp3) is 0.133. The van der Waals surface area contributed by atoms with E-state index in [1.54, 1.807) is 24.9 Å². The number of amides is 1. The van der Waals surface area contributed by atoms with E-state index >= 15 is 0 Å². The Labute approximate surface area is 134 Å². The van der Waals surface area contributed by atoms with Crippen LogP contribution in [0.25, 0.3) is 0 Å². The van der Waals surface area contributed by atoms with Crippen LogP contribution in [-0.2, 0) is 4.79 Å². The van der Waals surface area contributed by atoms with Gasteiger partial charge in [0, 0.05) is 25.5 Å². The fourth-order valence-corrected chi connectivity index (χ4v) is 3.63. The zero-order valence-corrected chi connectivity index (χ0v) is 13.5. The number of halogens is 1. The number of nitrogens with one attached hydrogen (secondary N) is 1. The first kappa shape index (κ1) is 14.4. The standard InChI is InChI=1S/C15H12BrNO3S/c1-20-8-3-2-4-9(5-8)21-13-7-12-10(6-11(13)16)14(18)15(19)17-12/h2-7,14,18H,1H3,(H,17,19). The second-order valence-electron chi connectivity index (χ2n) is 4.54. The Bertz CT molecular complexity index is 720. The predicted octanol–water partition coefficient (Wildman–Crippen LogP) is 3.59. The Kier molecular flexibility index (Phi) is 3.93. The van der Waals surface area contributed by atoms with Gasteiger partial charge in [0.1, 0.15) is 5.75 Å². The summed E-state index contributed by atoms with van der Waals surface area (Å²) in [6.07, 6.45) is -1.09. The lowest BCUT2D eigenvalue weighted by molar-refractivity contribution is -0.123. The summed E-state index contributed by atoms with van der Waals surface area (Å²) < 4.78 is 6.05. The van der Waals surface area contributed by atoms with Crippen molar-refractivity contribution in [2.45, 2.75) is 15.9 Å². The molecule has 0 radical (unpaired) electrons. The molecule has 3 rings (SSSR count). The van der Waals surface area contributed by atoms with Gasteiger partial charge in [-0.3, -0.25) is 4.79 Å². The summed E-state index contributed by atoms with van der Waals surface area (Å²) >= 11 is 5.04. The third-order valence-electron chi connectivity index (χ3n) is 3.17. The van der Waals surface area contributed by atoms with Crippen LogP contribution >= 0.6 is 27.7 Å². The molecule has 6 heteroatoms. The van der Waals surface area contributed by atoms with Crippen molar-refractivity contribution in [3.8, 4) is 5.75 Å². The minimum absolute atomic E-state index is 0.388. The van der Waals surface area contributed by atoms with Crippen LogP contribution in [0.15, 0.2) is 50.7 Å². The largest absolute Gasteiger partial charge is 0.497 e. The van der Waals surface area contributed by atoms with Gasteiger partial charge in [0.2, 0.25) is 0 Å². The smallest absolute Gasteiger partial charge is 0.257 e. The number of anilines is 1. The number of fused-ring (bicyclic) bond motifs is 1. The van der Waals surface area contributed by atoms with Crippen LogP contribution in [0.3, 0.4) is 0 Å². The average Bonchev–Trinajstić information content (AvgIpc) is 2.75. The molecule has 1 heterocycles. The molecule has 1 amide bonds. The molecule has 108 valence electrons. The van der Waals surface area contributed by atoms with E-state index in [4.69, 9.17) is 4.74 Å². The van der Waals surface area contributed by atoms with E-state index in [0.717, 1.165) is 20.0 Å². The van der Waals surface area contributed by atoms with Gasteiger partial charge in [-0.2, -0.15) is 0 Å². The lowest BCUT2D eigenvalue weighted by Crippen LogP contribution is -2.10. The first-order valence-electron chi connectivity index (χ1n) is 6.23. The third kappa shape index (κ3) is 2.79. The highest BCUT2D eigenvalue weighted by Crippen LogP contribution is 2.41. The SMILES string of the molecule is COc1cccc(Sc2cc3c(cc2Br)C(O)C(=O)N3)c1. The number of aliphatic hydroxyl groups is 1. The van der Waals surface area contributed by atoms with Crippen molar-refractivity contribution < 1.29 is 14.6 Å². The number of carbonyl (C=O) groups excluding carboxylic acids is 1. The number of methoxy groups -OCH3 is 1. The van der Waals surface area contributed by atoms with Gasteiger partial charge >= 0.3 is 0 Å². The number of carbonyl (C=O) groups is 1. The molecule has 0 aromatic heterocycles. The van der Waals surface area contributed by atoms with Crippen molar-refractivity contribution in [2.24, 2.45) is 0 Å². The molecule has 0 bridgehead atoms. The molecule has 2 aromatic rings. The molecule has 0 fully saturated rings. The van der Waals surface area contributed by atoms with Crippen LogP contribution in [0.4, 0.5) is 5.69 Å². The molecule has 4 nitrogen and oxygen atoms in total. The second kappa shape index (κ2) is 5.71. The molecule has 1 unspecified atom stereocenters. The van der Waals surface area contributed by atoms with E-state index < -0.39 is 6.10 Å². The van der Waals surface area contributed by atoms with Gasteiger partial charge in [-0.25, -0.2) is 0 Å². The zero-order valence-electron chi connectivity index (χ0n) is 11.1. The minimum atomic E-state index is -1.09. The van der Waals surface area contributed by atoms with Crippen molar-refractivity contribution in [2.75, 3.05) is 12.4 Å². The molecule has 0 spiro atoms. The van der Waals surface area contributed by atoms with Crippen molar-refractivity contribution in [1.29, 1.82) is 0 Å². The van der Waals surface area contributed by atoms with Gasteiger partial charge in [-0.1, -0.05) is 17.8 Å². The van der Waals surface area contributed by atoms with E-state index in [-0.39, 0.29) is 5.91 Å². The fourth-order valence-electron chi connectivity index (χ4n) is 2.12. The van der Waals surface area contributed by atoms with Crippen LogP contribution < -0.4 is 10.1 Å². The van der Waals surface area contributed by atoms with Gasteiger partial charge < -0.3 is 15.2 Å². The molecule has 2 aromatic carbocycles. The first-order valence-corrected chi connectivity index (χ1v) is 7.83. The first-order chi connectivity index (χ1) is 10.1. The van der Waals surface area contributed by atoms with Crippen molar-refractivity contribution in [3.05, 3.63) is 46.4 Å². The Hall–Kier alpha value is -1.50. The highest BCUT2D eigenvalue weighted by molar-refractivity contribution is 9.10. The summed E-state index contributed by atoms with van der Waals surface area (Å²) in [7, 11) is 1.63. The number of hydrogen-bond acceptors (Lipinski definition) is 4. The third-order valence-corrected chi connectivity index (χ3v) is 5.14. The molecular weight excluding hydrogens is 354 g/mol. The number of ether oxygens (including phenoxy) is 1. The zero-order chi connectivity index (χ0) is 15.0. The molecule has 1 aliphatic rings.